The lowest BCUT2D eigenvalue weighted by Gasteiger charge is -2.26. The van der Waals surface area contributed by atoms with Gasteiger partial charge in [-0.2, -0.15) is 15.1 Å². The number of nitrogens with two attached hydrogens (primary N) is 1. The summed E-state index contributed by atoms with van der Waals surface area (Å²) in [5, 5.41) is 8.42. The molecule has 136 valence electrons. The minimum absolute atomic E-state index is 0.0554. The molecule has 0 bridgehead atoms. The molecule has 3 N–H and O–H groups in total. The number of rotatable bonds is 5. The fourth-order valence-electron chi connectivity index (χ4n) is 3.49. The van der Waals surface area contributed by atoms with Gasteiger partial charge in [0.15, 0.2) is 5.65 Å². The van der Waals surface area contributed by atoms with Crippen molar-refractivity contribution in [1.82, 2.24) is 19.7 Å². The normalized spacial score (nSPS) is 12.4. The van der Waals surface area contributed by atoms with Gasteiger partial charge >= 0.3 is 0 Å². The Bertz CT molecular complexity index is 1000. The Balaban J connectivity index is 1.70. The molecule has 0 fully saturated rings. The third-order valence-corrected chi connectivity index (χ3v) is 4.80. The predicted molar refractivity (Wildman–Crippen MR) is 109 cm³/mol. The van der Waals surface area contributed by atoms with Gasteiger partial charge in [-0.3, -0.25) is 4.68 Å². The summed E-state index contributed by atoms with van der Waals surface area (Å²) in [6.07, 6.45) is 1.69. The van der Waals surface area contributed by atoms with Gasteiger partial charge in [0.05, 0.1) is 11.6 Å². The van der Waals surface area contributed by atoms with E-state index in [1.54, 1.807) is 10.9 Å². The lowest BCUT2D eigenvalue weighted by atomic mass is 9.86. The Labute approximate surface area is 158 Å². The smallest absolute Gasteiger partial charge is 0.226 e. The summed E-state index contributed by atoms with van der Waals surface area (Å²) in [5.74, 6) is 1.09. The first kappa shape index (κ1) is 17.0. The third kappa shape index (κ3) is 3.33. The molecule has 6 nitrogen and oxygen atoms in total. The van der Waals surface area contributed by atoms with Gasteiger partial charge in [-0.1, -0.05) is 60.7 Å². The van der Waals surface area contributed by atoms with E-state index >= 15 is 0 Å². The molecule has 4 rings (SSSR count). The van der Waals surface area contributed by atoms with Crippen molar-refractivity contribution in [3.05, 3.63) is 78.0 Å². The molecular formula is C21H22N6. The maximum Gasteiger partial charge on any atom is 0.226 e. The van der Waals surface area contributed by atoms with Crippen molar-refractivity contribution >= 4 is 22.8 Å². The highest BCUT2D eigenvalue weighted by Gasteiger charge is 2.22. The molecule has 2 aromatic heterocycles. The van der Waals surface area contributed by atoms with Crippen LogP contribution in [0.5, 0.6) is 0 Å². The molecular weight excluding hydrogens is 336 g/mol. The molecule has 27 heavy (non-hydrogen) atoms. The van der Waals surface area contributed by atoms with Gasteiger partial charge in [-0.25, -0.2) is 0 Å². The van der Waals surface area contributed by atoms with Crippen molar-refractivity contribution in [3.63, 3.8) is 0 Å². The Morgan fingerprint density at radius 3 is 2.11 bits per heavy atom. The highest BCUT2D eigenvalue weighted by Crippen LogP contribution is 2.30. The van der Waals surface area contributed by atoms with E-state index in [0.29, 0.717) is 17.4 Å². The lowest BCUT2D eigenvalue weighted by molar-refractivity contribution is 0.678. The summed E-state index contributed by atoms with van der Waals surface area (Å²) in [4.78, 5) is 9.03. The summed E-state index contributed by atoms with van der Waals surface area (Å²) < 4.78 is 1.70. The van der Waals surface area contributed by atoms with Gasteiger partial charge in [0.1, 0.15) is 5.82 Å². The Hall–Kier alpha value is -3.41. The first-order valence-corrected chi connectivity index (χ1v) is 8.95. The van der Waals surface area contributed by atoms with Crippen molar-refractivity contribution in [2.75, 3.05) is 11.1 Å². The standard InChI is InChI=1S/C21H22N6/c1-14(24-21-25-19(22)17-13-23-27(2)20(17)26-21)18(15-9-5-3-6-10-15)16-11-7-4-8-12-16/h3-14,18H,1-2H3,(H3,22,24,25,26). The fraction of sp³-hybridized carbons (Fsp3) is 0.190. The average Bonchev–Trinajstić information content (AvgIpc) is 3.05. The fourth-order valence-corrected chi connectivity index (χ4v) is 3.49. The monoisotopic (exact) mass is 358 g/mol. The summed E-state index contributed by atoms with van der Waals surface area (Å²) in [6, 6.07) is 21.0. The zero-order chi connectivity index (χ0) is 18.8. The summed E-state index contributed by atoms with van der Waals surface area (Å²) in [7, 11) is 1.85. The van der Waals surface area contributed by atoms with E-state index in [1.807, 2.05) is 19.2 Å². The van der Waals surface area contributed by atoms with E-state index < -0.39 is 0 Å². The van der Waals surface area contributed by atoms with E-state index in [1.165, 1.54) is 11.1 Å². The van der Waals surface area contributed by atoms with E-state index in [0.717, 1.165) is 5.39 Å². The third-order valence-electron chi connectivity index (χ3n) is 4.80. The molecule has 0 aliphatic carbocycles. The van der Waals surface area contributed by atoms with Crippen LogP contribution in [0.3, 0.4) is 0 Å². The Morgan fingerprint density at radius 2 is 1.52 bits per heavy atom. The van der Waals surface area contributed by atoms with E-state index in [4.69, 9.17) is 5.73 Å². The lowest BCUT2D eigenvalue weighted by Crippen LogP contribution is -2.26. The predicted octanol–water partition coefficient (Wildman–Crippen LogP) is 3.58. The van der Waals surface area contributed by atoms with Crippen LogP contribution in [-0.4, -0.2) is 25.8 Å². The molecule has 4 aromatic rings. The minimum atomic E-state index is 0.0554. The Kier molecular flexibility index (Phi) is 4.46. The number of fused-ring (bicyclic) bond motifs is 1. The molecule has 2 heterocycles. The quantitative estimate of drug-likeness (QED) is 0.570. The second-order valence-electron chi connectivity index (χ2n) is 6.67. The van der Waals surface area contributed by atoms with Gasteiger partial charge < -0.3 is 11.1 Å². The number of nitrogens with one attached hydrogen (secondary N) is 1. The van der Waals surface area contributed by atoms with E-state index in [2.05, 4.69) is 75.8 Å². The van der Waals surface area contributed by atoms with E-state index in [9.17, 15) is 0 Å². The number of hydrogen-bond donors (Lipinski definition) is 2. The highest BCUT2D eigenvalue weighted by molar-refractivity contribution is 5.86. The zero-order valence-electron chi connectivity index (χ0n) is 15.4. The van der Waals surface area contributed by atoms with Crippen molar-refractivity contribution < 1.29 is 0 Å². The van der Waals surface area contributed by atoms with Crippen molar-refractivity contribution in [2.24, 2.45) is 7.05 Å². The van der Waals surface area contributed by atoms with Crippen LogP contribution >= 0.6 is 0 Å². The summed E-state index contributed by atoms with van der Waals surface area (Å²) >= 11 is 0. The van der Waals surface area contributed by atoms with Gasteiger partial charge in [0.2, 0.25) is 5.95 Å². The average molecular weight is 358 g/mol. The molecule has 6 heteroatoms. The number of nitrogens with zero attached hydrogens (tertiary/aromatic N) is 4. The summed E-state index contributed by atoms with van der Waals surface area (Å²) in [5.41, 5.74) is 9.28. The maximum absolute atomic E-state index is 6.10. The highest BCUT2D eigenvalue weighted by atomic mass is 15.3. The first-order valence-electron chi connectivity index (χ1n) is 8.95. The Morgan fingerprint density at radius 1 is 0.926 bits per heavy atom. The van der Waals surface area contributed by atoms with Crippen LogP contribution in [0.2, 0.25) is 0 Å². The molecule has 0 saturated heterocycles. The molecule has 0 aliphatic rings. The number of aryl methyl sites for hydroxylation is 1. The number of anilines is 2. The first-order chi connectivity index (χ1) is 13.1. The molecule has 1 unspecified atom stereocenters. The second kappa shape index (κ2) is 7.07. The molecule has 0 saturated carbocycles. The maximum atomic E-state index is 6.10. The van der Waals surface area contributed by atoms with Crippen LogP contribution < -0.4 is 11.1 Å². The minimum Gasteiger partial charge on any atom is -0.383 e. The second-order valence-corrected chi connectivity index (χ2v) is 6.67. The van der Waals surface area contributed by atoms with Crippen LogP contribution in [0.15, 0.2) is 66.9 Å². The SMILES string of the molecule is CC(Nc1nc(N)c2cnn(C)c2n1)C(c1ccccc1)c1ccccc1. The van der Waals surface area contributed by atoms with Gasteiger partial charge in [0, 0.05) is 19.0 Å². The van der Waals surface area contributed by atoms with Crippen LogP contribution in [0.25, 0.3) is 11.0 Å². The largest absolute Gasteiger partial charge is 0.383 e. The van der Waals surface area contributed by atoms with Gasteiger partial charge in [-0.05, 0) is 18.1 Å². The van der Waals surface area contributed by atoms with Crippen molar-refractivity contribution in [2.45, 2.75) is 18.9 Å². The zero-order valence-corrected chi connectivity index (χ0v) is 15.4. The molecule has 0 aliphatic heterocycles. The number of aromatic nitrogens is 4. The van der Waals surface area contributed by atoms with Crippen LogP contribution in [0.1, 0.15) is 24.0 Å². The van der Waals surface area contributed by atoms with Gasteiger partial charge in [-0.15, -0.1) is 0 Å². The van der Waals surface area contributed by atoms with Crippen molar-refractivity contribution in [3.8, 4) is 0 Å². The number of benzene rings is 2. The molecule has 0 radical (unpaired) electrons. The molecule has 1 atom stereocenters. The number of nitrogen functional groups attached to an aromatic ring is 1. The van der Waals surface area contributed by atoms with Crippen molar-refractivity contribution in [1.29, 1.82) is 0 Å². The number of hydrogen-bond acceptors (Lipinski definition) is 5. The molecule has 2 aromatic carbocycles. The summed E-state index contributed by atoms with van der Waals surface area (Å²) in [6.45, 7) is 2.14. The van der Waals surface area contributed by atoms with Gasteiger partial charge in [0.25, 0.3) is 0 Å². The molecule has 0 amide bonds. The van der Waals surface area contributed by atoms with Crippen LogP contribution in [-0.2, 0) is 7.05 Å². The molecule has 0 spiro atoms. The topological polar surface area (TPSA) is 81.6 Å². The van der Waals surface area contributed by atoms with E-state index in [-0.39, 0.29) is 12.0 Å². The van der Waals surface area contributed by atoms with Crippen LogP contribution in [0, 0.1) is 0 Å². The van der Waals surface area contributed by atoms with Crippen LogP contribution in [0.4, 0.5) is 11.8 Å².